The molecule has 0 aliphatic heterocycles. The van der Waals surface area contributed by atoms with Crippen LogP contribution in [0.15, 0.2) is 63.6 Å². The molecule has 182 valence electrons. The summed E-state index contributed by atoms with van der Waals surface area (Å²) in [7, 11) is 1.69. The van der Waals surface area contributed by atoms with E-state index in [-0.39, 0.29) is 0 Å². The number of nitrogens with zero attached hydrogens (tertiary/aromatic N) is 1. The second kappa shape index (κ2) is 10.4. The zero-order chi connectivity index (χ0) is 23.4. The summed E-state index contributed by atoms with van der Waals surface area (Å²) >= 11 is 0. The van der Waals surface area contributed by atoms with E-state index in [9.17, 15) is 5.11 Å². The van der Waals surface area contributed by atoms with E-state index in [1.807, 2.05) is 36.4 Å². The van der Waals surface area contributed by atoms with Crippen LogP contribution in [0.25, 0.3) is 0 Å². The van der Waals surface area contributed by atoms with Crippen LogP contribution in [0.3, 0.4) is 0 Å². The van der Waals surface area contributed by atoms with Crippen molar-refractivity contribution in [3.8, 4) is 5.75 Å². The van der Waals surface area contributed by atoms with Crippen LogP contribution in [0.1, 0.15) is 74.2 Å². The normalized spacial score (nSPS) is 17.0. The molecule has 2 heterocycles. The maximum Gasteiger partial charge on any atom is 0.135 e. The first-order valence-electron chi connectivity index (χ1n) is 12.8. The van der Waals surface area contributed by atoms with Crippen LogP contribution < -0.4 is 4.74 Å². The zero-order valence-corrected chi connectivity index (χ0v) is 20.2. The Kier molecular flexibility index (Phi) is 7.12. The first kappa shape index (κ1) is 23.3. The van der Waals surface area contributed by atoms with Gasteiger partial charge in [0.15, 0.2) is 0 Å². The van der Waals surface area contributed by atoms with E-state index < -0.39 is 5.60 Å². The second-order valence-corrected chi connectivity index (χ2v) is 10.4. The van der Waals surface area contributed by atoms with Crippen LogP contribution in [-0.4, -0.2) is 17.1 Å². The minimum Gasteiger partial charge on any atom is -0.497 e. The van der Waals surface area contributed by atoms with Gasteiger partial charge in [0.1, 0.15) is 28.6 Å². The number of rotatable bonds is 12. The fourth-order valence-corrected chi connectivity index (χ4v) is 5.39. The molecule has 5 nitrogen and oxygen atoms in total. The lowest BCUT2D eigenvalue weighted by atomic mass is 9.70. The third-order valence-electron chi connectivity index (χ3n) is 7.70. The van der Waals surface area contributed by atoms with Crippen LogP contribution in [0.5, 0.6) is 5.75 Å². The third kappa shape index (κ3) is 5.59. The van der Waals surface area contributed by atoms with Gasteiger partial charge >= 0.3 is 0 Å². The largest absolute Gasteiger partial charge is 0.497 e. The van der Waals surface area contributed by atoms with Crippen molar-refractivity contribution in [3.63, 3.8) is 0 Å². The molecule has 0 radical (unpaired) electrons. The average Bonchev–Trinajstić information content (AvgIpc) is 3.46. The first-order valence-corrected chi connectivity index (χ1v) is 12.8. The van der Waals surface area contributed by atoms with Gasteiger partial charge in [-0.25, -0.2) is 0 Å². The van der Waals surface area contributed by atoms with Gasteiger partial charge in [-0.1, -0.05) is 50.7 Å². The summed E-state index contributed by atoms with van der Waals surface area (Å²) in [6.07, 6.45) is 10.9. The number of hydrogen-bond acceptors (Lipinski definition) is 5. The molecule has 2 aliphatic rings. The topological polar surface area (TPSA) is 59.0 Å². The molecule has 0 amide bonds. The molecule has 3 aromatic rings. The highest BCUT2D eigenvalue weighted by molar-refractivity contribution is 5.28. The summed E-state index contributed by atoms with van der Waals surface area (Å²) in [6, 6.07) is 16.1. The molecule has 0 unspecified atom stereocenters. The number of hydrogen-bond donors (Lipinski definition) is 1. The molecule has 5 rings (SSSR count). The Morgan fingerprint density at radius 3 is 2.26 bits per heavy atom. The number of aliphatic hydroxyl groups is 1. The summed E-state index contributed by atoms with van der Waals surface area (Å²) in [6.45, 7) is 2.05. The Balaban J connectivity index is 1.32. The first-order chi connectivity index (χ1) is 16.6. The van der Waals surface area contributed by atoms with Gasteiger partial charge in [-0.2, -0.15) is 0 Å². The van der Waals surface area contributed by atoms with E-state index >= 15 is 0 Å². The lowest BCUT2D eigenvalue weighted by Crippen LogP contribution is -2.34. The highest BCUT2D eigenvalue weighted by Crippen LogP contribution is 2.45. The maximum absolute atomic E-state index is 11.8. The maximum atomic E-state index is 11.8. The molecular formula is C29H37NO4. The lowest BCUT2D eigenvalue weighted by molar-refractivity contribution is -0.0494. The SMILES string of the molecule is COc1cccc(CN(Cc2ccco2)Cc2ccc(C(O)(CC3CCC3)CC3CCC3)o2)c1. The van der Waals surface area contributed by atoms with Crippen LogP contribution >= 0.6 is 0 Å². The monoisotopic (exact) mass is 463 g/mol. The lowest BCUT2D eigenvalue weighted by Gasteiger charge is -2.39. The molecule has 2 aliphatic carbocycles. The Labute approximate surface area is 202 Å². The fraction of sp³-hybridized carbons (Fsp3) is 0.517. The van der Waals surface area contributed by atoms with Crippen molar-refractivity contribution in [2.75, 3.05) is 7.11 Å². The van der Waals surface area contributed by atoms with Crippen LogP contribution in [0.2, 0.25) is 0 Å². The highest BCUT2D eigenvalue weighted by atomic mass is 16.5. The number of ether oxygens (including phenoxy) is 1. The molecule has 0 saturated heterocycles. The molecule has 0 atom stereocenters. The van der Waals surface area contributed by atoms with Gasteiger partial charge in [-0.3, -0.25) is 4.90 Å². The number of furan rings is 2. The second-order valence-electron chi connectivity index (χ2n) is 10.4. The van der Waals surface area contributed by atoms with Gasteiger partial charge in [0.2, 0.25) is 0 Å². The molecule has 5 heteroatoms. The standard InChI is InChI=1S/C29H37NO4/c1-32-25-11-4-10-24(16-25)19-30(20-26-12-5-15-33-26)21-27-13-14-28(34-27)29(31,17-22-6-2-7-22)18-23-8-3-9-23/h4-5,10-16,22-23,31H,2-3,6-9,17-21H2,1H3. The molecule has 2 saturated carbocycles. The van der Waals surface area contributed by atoms with Crippen molar-refractivity contribution in [1.82, 2.24) is 4.90 Å². The number of benzene rings is 1. The van der Waals surface area contributed by atoms with Gasteiger partial charge in [-0.05, 0) is 66.6 Å². The minimum absolute atomic E-state index is 0.627. The van der Waals surface area contributed by atoms with Gasteiger partial charge in [0, 0.05) is 6.54 Å². The van der Waals surface area contributed by atoms with Crippen molar-refractivity contribution >= 4 is 0 Å². The summed E-state index contributed by atoms with van der Waals surface area (Å²) in [4.78, 5) is 2.30. The molecule has 2 fully saturated rings. The average molecular weight is 464 g/mol. The van der Waals surface area contributed by atoms with E-state index in [1.54, 1.807) is 13.4 Å². The van der Waals surface area contributed by atoms with Gasteiger partial charge in [0.25, 0.3) is 0 Å². The molecule has 2 aromatic heterocycles. The third-order valence-corrected chi connectivity index (χ3v) is 7.70. The smallest absolute Gasteiger partial charge is 0.135 e. The quantitative estimate of drug-likeness (QED) is 0.326. The summed E-state index contributed by atoms with van der Waals surface area (Å²) < 4.78 is 17.4. The molecule has 0 bridgehead atoms. The predicted octanol–water partition coefficient (Wildman–Crippen LogP) is 6.65. The van der Waals surface area contributed by atoms with Crippen molar-refractivity contribution in [2.45, 2.75) is 76.6 Å². The van der Waals surface area contributed by atoms with Crippen molar-refractivity contribution in [3.05, 3.63) is 77.6 Å². The van der Waals surface area contributed by atoms with E-state index in [2.05, 4.69) is 17.0 Å². The van der Waals surface area contributed by atoms with E-state index in [0.29, 0.717) is 24.9 Å². The van der Waals surface area contributed by atoms with Crippen LogP contribution in [-0.2, 0) is 25.2 Å². The summed E-state index contributed by atoms with van der Waals surface area (Å²) in [5, 5.41) is 11.8. The molecule has 1 N–H and O–H groups in total. The van der Waals surface area contributed by atoms with Crippen LogP contribution in [0.4, 0.5) is 0 Å². The van der Waals surface area contributed by atoms with Gasteiger partial charge < -0.3 is 18.7 Å². The summed E-state index contributed by atoms with van der Waals surface area (Å²) in [5.41, 5.74) is 0.330. The highest BCUT2D eigenvalue weighted by Gasteiger charge is 2.40. The Hall–Kier alpha value is -2.50. The molecule has 0 spiro atoms. The van der Waals surface area contributed by atoms with Crippen LogP contribution in [0, 0.1) is 11.8 Å². The number of methoxy groups -OCH3 is 1. The molecule has 34 heavy (non-hydrogen) atoms. The van der Waals surface area contributed by atoms with Crippen molar-refractivity contribution < 1.29 is 18.7 Å². The van der Waals surface area contributed by atoms with Gasteiger partial charge in [0.05, 0.1) is 26.5 Å². The van der Waals surface area contributed by atoms with Crippen molar-refractivity contribution in [2.24, 2.45) is 11.8 Å². The van der Waals surface area contributed by atoms with E-state index in [4.69, 9.17) is 13.6 Å². The Morgan fingerprint density at radius 2 is 1.65 bits per heavy atom. The van der Waals surface area contributed by atoms with Crippen molar-refractivity contribution in [1.29, 1.82) is 0 Å². The van der Waals surface area contributed by atoms with E-state index in [0.717, 1.165) is 42.4 Å². The van der Waals surface area contributed by atoms with Gasteiger partial charge in [-0.15, -0.1) is 0 Å². The molecular weight excluding hydrogens is 426 g/mol. The fourth-order valence-electron chi connectivity index (χ4n) is 5.39. The molecule has 1 aromatic carbocycles. The Bertz CT molecular complexity index is 1020. The zero-order valence-electron chi connectivity index (χ0n) is 20.2. The predicted molar refractivity (Wildman–Crippen MR) is 131 cm³/mol. The summed E-state index contributed by atoms with van der Waals surface area (Å²) in [5.74, 6) is 4.66. The van der Waals surface area contributed by atoms with E-state index in [1.165, 1.54) is 44.1 Å². The Morgan fingerprint density at radius 1 is 0.912 bits per heavy atom. The minimum atomic E-state index is -0.840.